The van der Waals surface area contributed by atoms with Crippen molar-refractivity contribution < 1.29 is 14.3 Å². The molecule has 3 aromatic rings. The number of hydrogen-bond donors (Lipinski definition) is 1. The maximum Gasteiger partial charge on any atom is 0.254 e. The molecule has 3 atom stereocenters. The zero-order valence-electron chi connectivity index (χ0n) is 17.6. The molecule has 1 unspecified atom stereocenters. The molecule has 0 radical (unpaired) electrons. The number of fused-ring (bicyclic) bond motifs is 3. The minimum Gasteiger partial charge on any atom is -0.481 e. The van der Waals surface area contributed by atoms with E-state index in [2.05, 4.69) is 30.3 Å². The van der Waals surface area contributed by atoms with Crippen LogP contribution in [0, 0.1) is 0 Å². The highest BCUT2D eigenvalue weighted by molar-refractivity contribution is 5.95. The summed E-state index contributed by atoms with van der Waals surface area (Å²) in [5.41, 5.74) is 1.33. The second-order valence-electron chi connectivity index (χ2n) is 8.02. The summed E-state index contributed by atoms with van der Waals surface area (Å²) >= 11 is 0. The standard InChI is InChI=1S/C21H25N7O3/c1-30-18-11-19(31-2)26-21(25-18)24-14-9-15-4-3-5-16(10-14)28(15)20(29)13-6-7-27-17(8-13)22-12-23-27/h6-8,11-12,14-16H,3-5,9-10H2,1-2H3,(H,24,25,26)/t14?,15-,16+. The van der Waals surface area contributed by atoms with Crippen LogP contribution in [0.2, 0.25) is 0 Å². The number of hydrogen-bond acceptors (Lipinski definition) is 8. The highest BCUT2D eigenvalue weighted by atomic mass is 16.5. The molecule has 0 aromatic carbocycles. The second kappa shape index (κ2) is 8.01. The van der Waals surface area contributed by atoms with Gasteiger partial charge in [-0.2, -0.15) is 15.1 Å². The van der Waals surface area contributed by atoms with E-state index in [1.54, 1.807) is 31.0 Å². The Labute approximate surface area is 179 Å². The number of rotatable bonds is 5. The first-order chi connectivity index (χ1) is 15.1. The maximum atomic E-state index is 13.4. The molecule has 31 heavy (non-hydrogen) atoms. The van der Waals surface area contributed by atoms with Crippen molar-refractivity contribution in [2.45, 2.75) is 50.2 Å². The van der Waals surface area contributed by atoms with Gasteiger partial charge in [-0.3, -0.25) is 4.79 Å². The van der Waals surface area contributed by atoms with Crippen LogP contribution in [-0.2, 0) is 0 Å². The molecule has 2 bridgehead atoms. The van der Waals surface area contributed by atoms with Gasteiger partial charge in [-0.15, -0.1) is 0 Å². The number of nitrogens with zero attached hydrogens (tertiary/aromatic N) is 6. The van der Waals surface area contributed by atoms with Crippen LogP contribution in [0.1, 0.15) is 42.5 Å². The van der Waals surface area contributed by atoms with Gasteiger partial charge in [0.1, 0.15) is 6.33 Å². The van der Waals surface area contributed by atoms with Crippen LogP contribution in [0.15, 0.2) is 30.7 Å². The Hall–Kier alpha value is -3.43. The summed E-state index contributed by atoms with van der Waals surface area (Å²) in [5.74, 6) is 1.45. The van der Waals surface area contributed by atoms with Crippen molar-refractivity contribution >= 4 is 17.5 Å². The van der Waals surface area contributed by atoms with Crippen molar-refractivity contribution in [3.05, 3.63) is 36.3 Å². The fraction of sp³-hybridized carbons (Fsp3) is 0.476. The Morgan fingerprint density at radius 2 is 1.81 bits per heavy atom. The molecule has 10 nitrogen and oxygen atoms in total. The van der Waals surface area contributed by atoms with Crippen LogP contribution in [0.5, 0.6) is 11.8 Å². The van der Waals surface area contributed by atoms with Crippen molar-refractivity contribution in [2.24, 2.45) is 0 Å². The highest BCUT2D eigenvalue weighted by Gasteiger charge is 2.41. The number of ether oxygens (including phenoxy) is 2. The fourth-order valence-electron chi connectivity index (χ4n) is 4.79. The molecule has 3 aromatic heterocycles. The summed E-state index contributed by atoms with van der Waals surface area (Å²) in [5, 5.41) is 7.54. The third-order valence-corrected chi connectivity index (χ3v) is 6.17. The van der Waals surface area contributed by atoms with Gasteiger partial charge in [-0.1, -0.05) is 0 Å². The van der Waals surface area contributed by atoms with Gasteiger partial charge in [0.2, 0.25) is 17.7 Å². The predicted molar refractivity (Wildman–Crippen MR) is 112 cm³/mol. The molecule has 0 saturated carbocycles. The maximum absolute atomic E-state index is 13.4. The second-order valence-corrected chi connectivity index (χ2v) is 8.02. The molecular formula is C21H25N7O3. The van der Waals surface area contributed by atoms with E-state index in [-0.39, 0.29) is 24.0 Å². The number of carbonyl (C=O) groups excluding carboxylic acids is 1. The number of carbonyl (C=O) groups is 1. The van der Waals surface area contributed by atoms with Crippen molar-refractivity contribution in [1.82, 2.24) is 29.5 Å². The van der Waals surface area contributed by atoms with E-state index >= 15 is 0 Å². The van der Waals surface area contributed by atoms with E-state index in [0.29, 0.717) is 28.9 Å². The molecule has 2 fully saturated rings. The van der Waals surface area contributed by atoms with Crippen LogP contribution in [0.25, 0.3) is 5.65 Å². The predicted octanol–water partition coefficient (Wildman–Crippen LogP) is 2.17. The van der Waals surface area contributed by atoms with Crippen LogP contribution in [0.3, 0.4) is 0 Å². The number of pyridine rings is 1. The lowest BCUT2D eigenvalue weighted by Gasteiger charge is -2.49. The molecule has 1 N–H and O–H groups in total. The van der Waals surface area contributed by atoms with Gasteiger partial charge >= 0.3 is 0 Å². The third-order valence-electron chi connectivity index (χ3n) is 6.17. The number of piperidine rings is 2. The van der Waals surface area contributed by atoms with Crippen molar-refractivity contribution in [3.63, 3.8) is 0 Å². The van der Waals surface area contributed by atoms with Crippen LogP contribution in [-0.4, -0.2) is 67.7 Å². The molecule has 2 saturated heterocycles. The molecule has 0 spiro atoms. The highest BCUT2D eigenvalue weighted by Crippen LogP contribution is 2.36. The monoisotopic (exact) mass is 423 g/mol. The van der Waals surface area contributed by atoms with Gasteiger partial charge in [-0.25, -0.2) is 9.50 Å². The smallest absolute Gasteiger partial charge is 0.254 e. The topological polar surface area (TPSA) is 107 Å². The van der Waals surface area contributed by atoms with Crippen LogP contribution in [0.4, 0.5) is 5.95 Å². The Kier molecular flexibility index (Phi) is 5.05. The molecule has 5 rings (SSSR count). The number of nitrogens with one attached hydrogen (secondary N) is 1. The Balaban J connectivity index is 1.34. The van der Waals surface area contributed by atoms with E-state index < -0.39 is 0 Å². The molecule has 2 aliphatic rings. The average molecular weight is 423 g/mol. The van der Waals surface area contributed by atoms with E-state index in [4.69, 9.17) is 9.47 Å². The minimum absolute atomic E-state index is 0.0675. The zero-order valence-corrected chi connectivity index (χ0v) is 17.6. The summed E-state index contributed by atoms with van der Waals surface area (Å²) in [6, 6.07) is 5.81. The number of methoxy groups -OCH3 is 2. The molecule has 2 aliphatic heterocycles. The number of anilines is 1. The largest absolute Gasteiger partial charge is 0.481 e. The van der Waals surface area contributed by atoms with Gasteiger partial charge in [-0.05, 0) is 44.2 Å². The minimum atomic E-state index is 0.0675. The summed E-state index contributed by atoms with van der Waals surface area (Å²) in [7, 11) is 3.13. The van der Waals surface area contributed by atoms with E-state index in [1.807, 2.05) is 12.1 Å². The number of amides is 1. The van der Waals surface area contributed by atoms with Gasteiger partial charge in [0, 0.05) is 29.9 Å². The molecule has 10 heteroatoms. The Bertz CT molecular complexity index is 1070. The van der Waals surface area contributed by atoms with Crippen molar-refractivity contribution in [1.29, 1.82) is 0 Å². The zero-order chi connectivity index (χ0) is 21.4. The lowest BCUT2D eigenvalue weighted by Crippen LogP contribution is -2.57. The van der Waals surface area contributed by atoms with E-state index in [1.165, 1.54) is 6.33 Å². The van der Waals surface area contributed by atoms with Gasteiger partial charge < -0.3 is 19.7 Å². The summed E-state index contributed by atoms with van der Waals surface area (Å²) < 4.78 is 12.2. The third kappa shape index (κ3) is 3.73. The lowest BCUT2D eigenvalue weighted by atomic mass is 9.81. The van der Waals surface area contributed by atoms with Crippen molar-refractivity contribution in [2.75, 3.05) is 19.5 Å². The average Bonchev–Trinajstić information content (AvgIpc) is 3.25. The summed E-state index contributed by atoms with van der Waals surface area (Å²) in [6.07, 6.45) is 8.10. The normalized spacial score (nSPS) is 22.9. The van der Waals surface area contributed by atoms with Gasteiger partial charge in [0.15, 0.2) is 5.65 Å². The lowest BCUT2D eigenvalue weighted by molar-refractivity contribution is 0.0259. The molecular weight excluding hydrogens is 398 g/mol. The molecule has 1 amide bonds. The molecule has 162 valence electrons. The van der Waals surface area contributed by atoms with Gasteiger partial charge in [0.05, 0.1) is 20.3 Å². The summed E-state index contributed by atoms with van der Waals surface area (Å²) in [6.45, 7) is 0. The van der Waals surface area contributed by atoms with Gasteiger partial charge in [0.25, 0.3) is 5.91 Å². The quantitative estimate of drug-likeness (QED) is 0.665. The van der Waals surface area contributed by atoms with Crippen LogP contribution >= 0.6 is 0 Å². The SMILES string of the molecule is COc1cc(OC)nc(NC2C[C@H]3CCC[C@@H](C2)N3C(=O)c2ccn3ncnc3c2)n1. The van der Waals surface area contributed by atoms with E-state index in [0.717, 1.165) is 32.1 Å². The Morgan fingerprint density at radius 3 is 2.48 bits per heavy atom. The number of aromatic nitrogens is 5. The molecule has 0 aliphatic carbocycles. The fourth-order valence-corrected chi connectivity index (χ4v) is 4.79. The Morgan fingerprint density at radius 1 is 1.10 bits per heavy atom. The van der Waals surface area contributed by atoms with Crippen molar-refractivity contribution in [3.8, 4) is 11.8 Å². The molecule has 5 heterocycles. The first-order valence-electron chi connectivity index (χ1n) is 10.5. The van der Waals surface area contributed by atoms with Crippen LogP contribution < -0.4 is 14.8 Å². The summed E-state index contributed by atoms with van der Waals surface area (Å²) in [4.78, 5) is 28.5. The first-order valence-corrected chi connectivity index (χ1v) is 10.5. The first kappa shape index (κ1) is 19.5. The van der Waals surface area contributed by atoms with E-state index in [9.17, 15) is 4.79 Å².